The number of benzene rings is 3. The van der Waals surface area contributed by atoms with Crippen molar-refractivity contribution >= 4 is 21.6 Å². The van der Waals surface area contributed by atoms with Crippen LogP contribution in [0.3, 0.4) is 0 Å². The van der Waals surface area contributed by atoms with E-state index < -0.39 is 0 Å². The van der Waals surface area contributed by atoms with Crippen LogP contribution >= 0.6 is 15.9 Å². The van der Waals surface area contributed by atoms with Crippen LogP contribution in [0.25, 0.3) is 0 Å². The van der Waals surface area contributed by atoms with E-state index in [9.17, 15) is 5.11 Å². The lowest BCUT2D eigenvalue weighted by atomic mass is 9.93. The van der Waals surface area contributed by atoms with E-state index in [1.807, 2.05) is 18.2 Å². The molecule has 1 atom stereocenters. The molecule has 0 aromatic heterocycles. The molecule has 4 heteroatoms. The summed E-state index contributed by atoms with van der Waals surface area (Å²) in [5.41, 5.74) is 4.91. The average molecular weight is 438 g/mol. The number of fused-ring (bicyclic) bond motifs is 1. The highest BCUT2D eigenvalue weighted by molar-refractivity contribution is 9.10. The molecular weight excluding hydrogens is 414 g/mol. The molecule has 0 spiro atoms. The van der Waals surface area contributed by atoms with Crippen molar-refractivity contribution in [2.24, 2.45) is 0 Å². The fraction of sp³-hybridized carbons (Fsp3) is 0.250. The summed E-state index contributed by atoms with van der Waals surface area (Å²) in [7, 11) is 0. The molecule has 3 nitrogen and oxygen atoms in total. The highest BCUT2D eigenvalue weighted by Crippen LogP contribution is 2.46. The quantitative estimate of drug-likeness (QED) is 0.539. The minimum atomic E-state index is 0.195. The predicted octanol–water partition coefficient (Wildman–Crippen LogP) is 5.36. The summed E-state index contributed by atoms with van der Waals surface area (Å²) in [4.78, 5) is 2.36. The summed E-state index contributed by atoms with van der Waals surface area (Å²) in [5.74, 6) is 1.21. The fourth-order valence-electron chi connectivity index (χ4n) is 3.89. The number of ether oxygens (including phenoxy) is 1. The summed E-state index contributed by atoms with van der Waals surface area (Å²) < 4.78 is 7.33. The molecule has 0 saturated carbocycles. The Bertz CT molecular complexity index is 929. The monoisotopic (exact) mass is 437 g/mol. The van der Waals surface area contributed by atoms with Gasteiger partial charge in [-0.05, 0) is 41.3 Å². The smallest absolute Gasteiger partial charge is 0.143 e. The molecule has 0 unspecified atom stereocenters. The SMILES string of the molecule is OCCCN1C[C@H](c2cccc(Br)c2)c2cccc(OCc3ccccc3)c21. The van der Waals surface area contributed by atoms with Gasteiger partial charge in [0, 0.05) is 30.1 Å². The Morgan fingerprint density at radius 3 is 2.61 bits per heavy atom. The number of halogens is 1. The zero-order chi connectivity index (χ0) is 19.3. The van der Waals surface area contributed by atoms with E-state index in [0.717, 1.165) is 41.0 Å². The van der Waals surface area contributed by atoms with Gasteiger partial charge < -0.3 is 14.7 Å². The third-order valence-corrected chi connectivity index (χ3v) is 5.69. The van der Waals surface area contributed by atoms with Gasteiger partial charge in [-0.2, -0.15) is 0 Å². The van der Waals surface area contributed by atoms with E-state index in [-0.39, 0.29) is 6.61 Å². The van der Waals surface area contributed by atoms with Crippen molar-refractivity contribution in [1.29, 1.82) is 0 Å². The minimum Gasteiger partial charge on any atom is -0.487 e. The van der Waals surface area contributed by atoms with E-state index in [1.165, 1.54) is 11.1 Å². The van der Waals surface area contributed by atoms with Crippen molar-refractivity contribution in [3.63, 3.8) is 0 Å². The molecule has 1 aliphatic rings. The Morgan fingerprint density at radius 1 is 1.00 bits per heavy atom. The molecule has 1 aliphatic heterocycles. The Kier molecular flexibility index (Phi) is 5.98. The summed E-state index contributed by atoms with van der Waals surface area (Å²) in [6.07, 6.45) is 0.748. The minimum absolute atomic E-state index is 0.195. The molecule has 4 rings (SSSR count). The van der Waals surface area contributed by atoms with Gasteiger partial charge in [0.05, 0.1) is 5.69 Å². The first-order valence-electron chi connectivity index (χ1n) is 9.67. The van der Waals surface area contributed by atoms with Gasteiger partial charge in [0.2, 0.25) is 0 Å². The Morgan fingerprint density at radius 2 is 1.82 bits per heavy atom. The van der Waals surface area contributed by atoms with Crippen molar-refractivity contribution in [3.05, 3.63) is 94.0 Å². The number of aliphatic hydroxyl groups is 1. The molecule has 144 valence electrons. The van der Waals surface area contributed by atoms with E-state index in [4.69, 9.17) is 4.74 Å². The number of aliphatic hydroxyl groups excluding tert-OH is 1. The lowest BCUT2D eigenvalue weighted by molar-refractivity contribution is 0.288. The van der Waals surface area contributed by atoms with Crippen molar-refractivity contribution < 1.29 is 9.84 Å². The third-order valence-electron chi connectivity index (χ3n) is 5.20. The number of hydrogen-bond donors (Lipinski definition) is 1. The fourth-order valence-corrected chi connectivity index (χ4v) is 4.31. The van der Waals surface area contributed by atoms with Gasteiger partial charge in [0.25, 0.3) is 0 Å². The van der Waals surface area contributed by atoms with E-state index >= 15 is 0 Å². The zero-order valence-electron chi connectivity index (χ0n) is 15.7. The van der Waals surface area contributed by atoms with Crippen molar-refractivity contribution in [3.8, 4) is 5.75 Å². The first kappa shape index (κ1) is 19.0. The second-order valence-electron chi connectivity index (χ2n) is 7.10. The highest BCUT2D eigenvalue weighted by atomic mass is 79.9. The Hall–Kier alpha value is -2.30. The standard InChI is InChI=1S/C24H24BrNO2/c25-20-10-4-9-19(15-20)22-16-26(13-6-14-27)24-21(22)11-5-12-23(24)28-17-18-7-2-1-3-8-18/h1-5,7-12,15,22,27H,6,13-14,16-17H2/t22-/m1/s1. The van der Waals surface area contributed by atoms with Crippen LogP contribution in [0.1, 0.15) is 29.0 Å². The Balaban J connectivity index is 1.66. The maximum absolute atomic E-state index is 9.35. The first-order chi connectivity index (χ1) is 13.8. The van der Waals surface area contributed by atoms with Gasteiger partial charge in [-0.1, -0.05) is 70.5 Å². The van der Waals surface area contributed by atoms with Gasteiger partial charge in [0.15, 0.2) is 0 Å². The molecule has 0 bridgehead atoms. The van der Waals surface area contributed by atoms with Gasteiger partial charge >= 0.3 is 0 Å². The summed E-state index contributed by atoms with van der Waals surface area (Å²) >= 11 is 3.60. The van der Waals surface area contributed by atoms with E-state index in [0.29, 0.717) is 12.5 Å². The molecule has 0 amide bonds. The largest absolute Gasteiger partial charge is 0.487 e. The average Bonchev–Trinajstić information content (AvgIpc) is 3.11. The highest BCUT2D eigenvalue weighted by Gasteiger charge is 2.32. The molecule has 1 N–H and O–H groups in total. The lowest BCUT2D eigenvalue weighted by Gasteiger charge is -2.22. The molecule has 0 radical (unpaired) electrons. The first-order valence-corrected chi connectivity index (χ1v) is 10.5. The van der Waals surface area contributed by atoms with Crippen LogP contribution in [0, 0.1) is 0 Å². The number of anilines is 1. The van der Waals surface area contributed by atoms with E-state index in [2.05, 4.69) is 75.4 Å². The van der Waals surface area contributed by atoms with Crippen LogP contribution < -0.4 is 9.64 Å². The molecule has 3 aromatic rings. The second kappa shape index (κ2) is 8.80. The molecule has 1 heterocycles. The summed E-state index contributed by atoms with van der Waals surface area (Å²) in [6, 6.07) is 25.1. The maximum Gasteiger partial charge on any atom is 0.143 e. The van der Waals surface area contributed by atoms with Crippen LogP contribution in [0.5, 0.6) is 5.75 Å². The molecule has 0 saturated heterocycles. The predicted molar refractivity (Wildman–Crippen MR) is 117 cm³/mol. The number of nitrogens with zero attached hydrogens (tertiary/aromatic N) is 1. The van der Waals surface area contributed by atoms with Crippen molar-refractivity contribution in [1.82, 2.24) is 0 Å². The van der Waals surface area contributed by atoms with Crippen LogP contribution in [0.15, 0.2) is 77.3 Å². The summed E-state index contributed by atoms with van der Waals surface area (Å²) in [5, 5.41) is 9.35. The van der Waals surface area contributed by atoms with E-state index in [1.54, 1.807) is 0 Å². The second-order valence-corrected chi connectivity index (χ2v) is 8.01. The molecule has 3 aromatic carbocycles. The van der Waals surface area contributed by atoms with Gasteiger partial charge in [-0.15, -0.1) is 0 Å². The van der Waals surface area contributed by atoms with Crippen molar-refractivity contribution in [2.45, 2.75) is 18.9 Å². The Labute approximate surface area is 174 Å². The molecule has 0 fully saturated rings. The van der Waals surface area contributed by atoms with Crippen molar-refractivity contribution in [2.75, 3.05) is 24.6 Å². The van der Waals surface area contributed by atoms with Crippen LogP contribution in [-0.4, -0.2) is 24.8 Å². The topological polar surface area (TPSA) is 32.7 Å². The van der Waals surface area contributed by atoms with Crippen LogP contribution in [-0.2, 0) is 6.61 Å². The number of hydrogen-bond acceptors (Lipinski definition) is 3. The van der Waals surface area contributed by atoms with Gasteiger partial charge in [0.1, 0.15) is 12.4 Å². The molecule has 28 heavy (non-hydrogen) atoms. The van der Waals surface area contributed by atoms with Gasteiger partial charge in [-0.3, -0.25) is 0 Å². The molecular formula is C24H24BrNO2. The number of rotatable bonds is 7. The van der Waals surface area contributed by atoms with Crippen LogP contribution in [0.4, 0.5) is 5.69 Å². The normalized spacial score (nSPS) is 15.5. The lowest BCUT2D eigenvalue weighted by Crippen LogP contribution is -2.24. The molecule has 0 aliphatic carbocycles. The summed E-state index contributed by atoms with van der Waals surface area (Å²) in [6.45, 7) is 2.46. The maximum atomic E-state index is 9.35. The third kappa shape index (κ3) is 4.08. The zero-order valence-corrected chi connectivity index (χ0v) is 17.3. The van der Waals surface area contributed by atoms with Gasteiger partial charge in [-0.25, -0.2) is 0 Å². The van der Waals surface area contributed by atoms with Crippen LogP contribution in [0.2, 0.25) is 0 Å². The number of para-hydroxylation sites is 1.